The molecule has 0 spiro atoms. The van der Waals surface area contributed by atoms with Gasteiger partial charge in [-0.15, -0.1) is 0 Å². The van der Waals surface area contributed by atoms with Crippen molar-refractivity contribution in [2.24, 2.45) is 0 Å². The molecule has 0 aromatic rings. The van der Waals surface area contributed by atoms with E-state index in [1.54, 1.807) is 0 Å². The Morgan fingerprint density at radius 3 is 1.45 bits per heavy atom. The van der Waals surface area contributed by atoms with E-state index in [-0.39, 0.29) is 0 Å². The van der Waals surface area contributed by atoms with Gasteiger partial charge >= 0.3 is 0 Å². The van der Waals surface area contributed by atoms with Gasteiger partial charge in [-0.1, -0.05) is 77.6 Å². The lowest BCUT2D eigenvalue weighted by Gasteiger charge is -2.05. The lowest BCUT2D eigenvalue weighted by molar-refractivity contribution is 0.532. The maximum absolute atomic E-state index is 3.52. The second-order valence-corrected chi connectivity index (χ2v) is 6.10. The van der Waals surface area contributed by atoms with Gasteiger partial charge < -0.3 is 10.6 Å². The summed E-state index contributed by atoms with van der Waals surface area (Å²) in [6.07, 6.45) is 18.5. The van der Waals surface area contributed by atoms with Crippen molar-refractivity contribution in [3.05, 3.63) is 0 Å². The normalized spacial score (nSPS) is 11.1. The van der Waals surface area contributed by atoms with Gasteiger partial charge in [0.1, 0.15) is 0 Å². The lowest BCUT2D eigenvalue weighted by Crippen LogP contribution is -2.20. The summed E-state index contributed by atoms with van der Waals surface area (Å²) in [6, 6.07) is 0. The topological polar surface area (TPSA) is 24.1 Å². The molecule has 0 aliphatic carbocycles. The highest BCUT2D eigenvalue weighted by Crippen LogP contribution is 2.11. The van der Waals surface area contributed by atoms with Gasteiger partial charge in [0.15, 0.2) is 0 Å². The van der Waals surface area contributed by atoms with E-state index >= 15 is 0 Å². The maximum Gasteiger partial charge on any atom is -0.00368 e. The van der Waals surface area contributed by atoms with Crippen LogP contribution >= 0.6 is 0 Å². The standard InChI is InChI=1S/C18H40N2/c1-3-4-5-6-7-8-9-10-11-12-13-14-17-20-18-15-16-19-2/h19-20H,3-18H2,1-2H3. The predicted octanol–water partition coefficient (Wildman–Crippen LogP) is 4.89. The van der Waals surface area contributed by atoms with Crippen LogP contribution in [0.25, 0.3) is 0 Å². The fourth-order valence-corrected chi connectivity index (χ4v) is 2.61. The van der Waals surface area contributed by atoms with Gasteiger partial charge in [0.05, 0.1) is 0 Å². The molecule has 0 aliphatic rings. The van der Waals surface area contributed by atoms with Gasteiger partial charge in [0.25, 0.3) is 0 Å². The lowest BCUT2D eigenvalue weighted by atomic mass is 10.1. The van der Waals surface area contributed by atoms with Gasteiger partial charge in [-0.05, 0) is 39.5 Å². The van der Waals surface area contributed by atoms with Crippen molar-refractivity contribution < 1.29 is 0 Å². The van der Waals surface area contributed by atoms with E-state index in [0.29, 0.717) is 0 Å². The molecule has 0 fully saturated rings. The van der Waals surface area contributed by atoms with Crippen molar-refractivity contribution in [3.63, 3.8) is 0 Å². The van der Waals surface area contributed by atoms with Crippen LogP contribution in [-0.2, 0) is 0 Å². The smallest absolute Gasteiger partial charge is 0.00368 e. The highest BCUT2D eigenvalue weighted by molar-refractivity contribution is 4.52. The molecule has 0 radical (unpaired) electrons. The number of hydrogen-bond acceptors (Lipinski definition) is 2. The van der Waals surface area contributed by atoms with Crippen molar-refractivity contribution in [1.82, 2.24) is 10.6 Å². The minimum atomic E-state index is 1.13. The van der Waals surface area contributed by atoms with Crippen molar-refractivity contribution in [2.75, 3.05) is 26.7 Å². The fourth-order valence-electron chi connectivity index (χ4n) is 2.61. The summed E-state index contributed by atoms with van der Waals surface area (Å²) in [4.78, 5) is 0. The third-order valence-electron chi connectivity index (χ3n) is 3.99. The Morgan fingerprint density at radius 2 is 0.950 bits per heavy atom. The fraction of sp³-hybridized carbons (Fsp3) is 1.00. The Bertz CT molecular complexity index is 141. The molecule has 2 nitrogen and oxygen atoms in total. The average Bonchev–Trinajstić information content (AvgIpc) is 2.47. The molecule has 0 aromatic carbocycles. The van der Waals surface area contributed by atoms with Crippen molar-refractivity contribution in [3.8, 4) is 0 Å². The summed E-state index contributed by atoms with van der Waals surface area (Å²) in [6.45, 7) is 5.80. The van der Waals surface area contributed by atoms with Crippen LogP contribution in [0.5, 0.6) is 0 Å². The van der Waals surface area contributed by atoms with Gasteiger partial charge in [-0.25, -0.2) is 0 Å². The van der Waals surface area contributed by atoms with E-state index in [1.165, 1.54) is 96.6 Å². The first-order valence-electron chi connectivity index (χ1n) is 9.27. The first kappa shape index (κ1) is 19.9. The summed E-state index contributed by atoms with van der Waals surface area (Å²) in [5.41, 5.74) is 0. The summed E-state index contributed by atoms with van der Waals surface area (Å²) in [5.74, 6) is 0. The van der Waals surface area contributed by atoms with Crippen LogP contribution in [0.2, 0.25) is 0 Å². The van der Waals surface area contributed by atoms with Crippen LogP contribution in [-0.4, -0.2) is 26.7 Å². The molecule has 0 rings (SSSR count). The third-order valence-corrected chi connectivity index (χ3v) is 3.99. The predicted molar refractivity (Wildman–Crippen MR) is 92.5 cm³/mol. The van der Waals surface area contributed by atoms with Crippen molar-refractivity contribution in [2.45, 2.75) is 90.4 Å². The molecule has 2 heteroatoms. The number of unbranched alkanes of at least 4 members (excludes halogenated alkanes) is 11. The van der Waals surface area contributed by atoms with Crippen LogP contribution < -0.4 is 10.6 Å². The van der Waals surface area contributed by atoms with Gasteiger partial charge in [0.2, 0.25) is 0 Å². The van der Waals surface area contributed by atoms with Crippen LogP contribution in [0.3, 0.4) is 0 Å². The van der Waals surface area contributed by atoms with Gasteiger partial charge in [-0.2, -0.15) is 0 Å². The Kier molecular flexibility index (Phi) is 18.8. The Hall–Kier alpha value is -0.0800. The molecule has 0 amide bonds. The first-order valence-corrected chi connectivity index (χ1v) is 9.27. The second kappa shape index (κ2) is 18.9. The molecule has 20 heavy (non-hydrogen) atoms. The number of nitrogens with one attached hydrogen (secondary N) is 2. The monoisotopic (exact) mass is 284 g/mol. The van der Waals surface area contributed by atoms with Crippen LogP contribution in [0.1, 0.15) is 90.4 Å². The molecular weight excluding hydrogens is 244 g/mol. The van der Waals surface area contributed by atoms with Gasteiger partial charge in [0, 0.05) is 0 Å². The van der Waals surface area contributed by atoms with Crippen molar-refractivity contribution >= 4 is 0 Å². The van der Waals surface area contributed by atoms with Crippen molar-refractivity contribution in [1.29, 1.82) is 0 Å². The van der Waals surface area contributed by atoms with Crippen LogP contribution in [0.15, 0.2) is 0 Å². The molecule has 0 unspecified atom stereocenters. The largest absolute Gasteiger partial charge is 0.320 e. The molecule has 0 bridgehead atoms. The quantitative estimate of drug-likeness (QED) is 0.372. The second-order valence-electron chi connectivity index (χ2n) is 6.10. The van der Waals surface area contributed by atoms with E-state index in [2.05, 4.69) is 17.6 Å². The molecule has 2 N–H and O–H groups in total. The Balaban J connectivity index is 2.89. The molecule has 0 atom stereocenters. The minimum absolute atomic E-state index is 1.13. The summed E-state index contributed by atoms with van der Waals surface area (Å²) < 4.78 is 0. The highest BCUT2D eigenvalue weighted by Gasteiger charge is 1.93. The van der Waals surface area contributed by atoms with E-state index in [9.17, 15) is 0 Å². The molecule has 0 saturated carbocycles. The first-order chi connectivity index (χ1) is 9.91. The average molecular weight is 285 g/mol. The Labute approximate surface area is 128 Å². The number of hydrogen-bond donors (Lipinski definition) is 2. The van der Waals surface area contributed by atoms with Crippen LogP contribution in [0.4, 0.5) is 0 Å². The zero-order valence-corrected chi connectivity index (χ0v) is 14.3. The van der Waals surface area contributed by atoms with E-state index in [1.807, 2.05) is 7.05 Å². The molecule has 0 aliphatic heterocycles. The SMILES string of the molecule is CCCCCCCCCCCCCCNCCCNC. The molecule has 0 saturated heterocycles. The summed E-state index contributed by atoms with van der Waals surface area (Å²) >= 11 is 0. The molecular formula is C18H40N2. The zero-order valence-electron chi connectivity index (χ0n) is 14.3. The minimum Gasteiger partial charge on any atom is -0.320 e. The van der Waals surface area contributed by atoms with Crippen LogP contribution in [0, 0.1) is 0 Å². The molecule has 122 valence electrons. The third kappa shape index (κ3) is 17.9. The summed E-state index contributed by atoms with van der Waals surface area (Å²) in [5, 5.41) is 6.69. The Morgan fingerprint density at radius 1 is 0.500 bits per heavy atom. The van der Waals surface area contributed by atoms with Gasteiger partial charge in [-0.3, -0.25) is 0 Å². The van der Waals surface area contributed by atoms with E-state index in [4.69, 9.17) is 0 Å². The zero-order chi connectivity index (χ0) is 14.7. The summed E-state index contributed by atoms with van der Waals surface area (Å²) in [7, 11) is 2.02. The molecule has 0 aromatic heterocycles. The maximum atomic E-state index is 3.52. The van der Waals surface area contributed by atoms with E-state index < -0.39 is 0 Å². The van der Waals surface area contributed by atoms with E-state index in [0.717, 1.165) is 6.54 Å². The molecule has 0 heterocycles. The highest BCUT2D eigenvalue weighted by atomic mass is 14.9. The number of rotatable bonds is 17.